The molecular weight excluding hydrogens is 168 g/mol. The normalized spacial score (nSPS) is 12.5. The number of aromatic nitrogens is 1. The lowest BCUT2D eigenvalue weighted by molar-refractivity contribution is 0.0916. The third kappa shape index (κ3) is 2.59. The summed E-state index contributed by atoms with van der Waals surface area (Å²) >= 11 is 0. The first-order valence-corrected chi connectivity index (χ1v) is 4.19. The highest BCUT2D eigenvalue weighted by atomic mass is 16.3. The van der Waals surface area contributed by atoms with Crippen LogP contribution in [-0.4, -0.2) is 28.2 Å². The topological polar surface area (TPSA) is 54.3 Å². The van der Waals surface area contributed by atoms with Crippen LogP contribution in [0.4, 0.5) is 0 Å². The van der Waals surface area contributed by atoms with E-state index in [-0.39, 0.29) is 12.5 Å². The Morgan fingerprint density at radius 1 is 1.77 bits per heavy atom. The van der Waals surface area contributed by atoms with Crippen molar-refractivity contribution in [3.63, 3.8) is 0 Å². The zero-order valence-electron chi connectivity index (χ0n) is 7.82. The molecule has 0 aliphatic carbocycles. The second kappa shape index (κ2) is 4.09. The van der Waals surface area contributed by atoms with E-state index in [1.165, 1.54) is 0 Å². The molecule has 4 nitrogen and oxygen atoms in total. The zero-order valence-corrected chi connectivity index (χ0v) is 7.82. The Hall–Kier alpha value is -1.29. The lowest BCUT2D eigenvalue weighted by Gasteiger charge is -2.07. The van der Waals surface area contributed by atoms with Crippen molar-refractivity contribution in [2.75, 3.05) is 6.54 Å². The van der Waals surface area contributed by atoms with Gasteiger partial charge in [0.05, 0.1) is 6.10 Å². The molecule has 1 rings (SSSR count). The standard InChI is InChI=1S/C9H14N2O2/c1-7(12)6-10-9(13)8-4-3-5-11(8)2/h3-5,7,12H,6H2,1-2H3,(H,10,13)/t7-/m1/s1. The molecule has 0 bridgehead atoms. The van der Waals surface area contributed by atoms with Crippen LogP contribution < -0.4 is 5.32 Å². The third-order valence-corrected chi connectivity index (χ3v) is 1.73. The number of aryl methyl sites for hydroxylation is 1. The molecule has 2 N–H and O–H groups in total. The molecule has 4 heteroatoms. The Bertz CT molecular complexity index is 292. The maximum atomic E-state index is 11.4. The number of aliphatic hydroxyl groups excluding tert-OH is 1. The van der Waals surface area contributed by atoms with E-state index in [2.05, 4.69) is 5.32 Å². The zero-order chi connectivity index (χ0) is 9.84. The van der Waals surface area contributed by atoms with Crippen LogP contribution in [0.15, 0.2) is 18.3 Å². The maximum absolute atomic E-state index is 11.4. The minimum atomic E-state index is -0.510. The van der Waals surface area contributed by atoms with Crippen molar-refractivity contribution < 1.29 is 9.90 Å². The summed E-state index contributed by atoms with van der Waals surface area (Å²) in [5.41, 5.74) is 0.598. The average molecular weight is 182 g/mol. The number of aliphatic hydroxyl groups is 1. The van der Waals surface area contributed by atoms with Crippen molar-refractivity contribution in [3.05, 3.63) is 24.0 Å². The van der Waals surface area contributed by atoms with Gasteiger partial charge in [-0.2, -0.15) is 0 Å². The van der Waals surface area contributed by atoms with Gasteiger partial charge in [-0.15, -0.1) is 0 Å². The van der Waals surface area contributed by atoms with Gasteiger partial charge in [-0.1, -0.05) is 0 Å². The molecule has 13 heavy (non-hydrogen) atoms. The number of rotatable bonds is 3. The van der Waals surface area contributed by atoms with Gasteiger partial charge in [-0.3, -0.25) is 4.79 Å². The molecule has 0 aliphatic heterocycles. The molecule has 0 saturated carbocycles. The summed E-state index contributed by atoms with van der Waals surface area (Å²) < 4.78 is 1.73. The first kappa shape index (κ1) is 9.80. The van der Waals surface area contributed by atoms with Crippen LogP contribution in [0.2, 0.25) is 0 Å². The molecule has 72 valence electrons. The van der Waals surface area contributed by atoms with Crippen LogP contribution >= 0.6 is 0 Å². The average Bonchev–Trinajstić information content (AvgIpc) is 2.47. The molecule has 1 heterocycles. The molecule has 0 aromatic carbocycles. The highest BCUT2D eigenvalue weighted by Crippen LogP contribution is 1.98. The number of carbonyl (C=O) groups is 1. The number of nitrogens with zero attached hydrogens (tertiary/aromatic N) is 1. The fourth-order valence-corrected chi connectivity index (χ4v) is 1.03. The van der Waals surface area contributed by atoms with E-state index >= 15 is 0 Å². The van der Waals surface area contributed by atoms with Gasteiger partial charge < -0.3 is 15.0 Å². The van der Waals surface area contributed by atoms with Crippen LogP contribution in [-0.2, 0) is 7.05 Å². The van der Waals surface area contributed by atoms with Gasteiger partial charge in [0.1, 0.15) is 5.69 Å². The number of nitrogens with one attached hydrogen (secondary N) is 1. The van der Waals surface area contributed by atoms with Crippen LogP contribution in [0.1, 0.15) is 17.4 Å². The maximum Gasteiger partial charge on any atom is 0.267 e. The number of hydrogen-bond acceptors (Lipinski definition) is 2. The summed E-state index contributed by atoms with van der Waals surface area (Å²) in [7, 11) is 1.80. The summed E-state index contributed by atoms with van der Waals surface area (Å²) in [5.74, 6) is -0.159. The van der Waals surface area contributed by atoms with Gasteiger partial charge in [0.15, 0.2) is 0 Å². The Balaban J connectivity index is 2.54. The lowest BCUT2D eigenvalue weighted by atomic mass is 10.3. The third-order valence-electron chi connectivity index (χ3n) is 1.73. The Kier molecular flexibility index (Phi) is 3.08. The number of hydrogen-bond donors (Lipinski definition) is 2. The van der Waals surface area contributed by atoms with Crippen molar-refractivity contribution in [1.29, 1.82) is 0 Å². The molecule has 0 aliphatic rings. The molecule has 1 aromatic heterocycles. The van der Waals surface area contributed by atoms with E-state index in [4.69, 9.17) is 5.11 Å². The second-order valence-corrected chi connectivity index (χ2v) is 3.06. The SMILES string of the molecule is C[C@@H](O)CNC(=O)c1cccn1C. The van der Waals surface area contributed by atoms with E-state index in [9.17, 15) is 4.79 Å². The van der Waals surface area contributed by atoms with E-state index in [1.807, 2.05) is 0 Å². The number of carbonyl (C=O) groups excluding carboxylic acids is 1. The first-order valence-electron chi connectivity index (χ1n) is 4.19. The van der Waals surface area contributed by atoms with Gasteiger partial charge in [0.2, 0.25) is 0 Å². The summed E-state index contributed by atoms with van der Waals surface area (Å²) in [6, 6.07) is 3.54. The van der Waals surface area contributed by atoms with Gasteiger partial charge in [0, 0.05) is 19.8 Å². The molecule has 0 radical (unpaired) electrons. The summed E-state index contributed by atoms with van der Waals surface area (Å²) in [6.07, 6.45) is 1.29. The fraction of sp³-hybridized carbons (Fsp3) is 0.444. The molecule has 0 saturated heterocycles. The predicted molar refractivity (Wildman–Crippen MR) is 49.4 cm³/mol. The van der Waals surface area contributed by atoms with Gasteiger partial charge in [0.25, 0.3) is 5.91 Å². The largest absolute Gasteiger partial charge is 0.392 e. The van der Waals surface area contributed by atoms with Crippen molar-refractivity contribution in [2.24, 2.45) is 7.05 Å². The molecule has 0 fully saturated rings. The van der Waals surface area contributed by atoms with E-state index < -0.39 is 6.10 Å². The Labute approximate surface area is 77.2 Å². The van der Waals surface area contributed by atoms with Crippen LogP contribution in [0.25, 0.3) is 0 Å². The molecule has 1 atom stereocenters. The highest BCUT2D eigenvalue weighted by Gasteiger charge is 2.08. The summed E-state index contributed by atoms with van der Waals surface area (Å²) in [5, 5.41) is 11.6. The minimum Gasteiger partial charge on any atom is -0.392 e. The Morgan fingerprint density at radius 3 is 2.92 bits per heavy atom. The molecular formula is C9H14N2O2. The predicted octanol–water partition coefficient (Wildman–Crippen LogP) is 0.136. The molecule has 0 unspecified atom stereocenters. The second-order valence-electron chi connectivity index (χ2n) is 3.06. The minimum absolute atomic E-state index is 0.159. The smallest absolute Gasteiger partial charge is 0.267 e. The first-order chi connectivity index (χ1) is 6.11. The van der Waals surface area contributed by atoms with Crippen molar-refractivity contribution >= 4 is 5.91 Å². The quantitative estimate of drug-likeness (QED) is 0.698. The van der Waals surface area contributed by atoms with Gasteiger partial charge >= 0.3 is 0 Å². The molecule has 1 aromatic rings. The van der Waals surface area contributed by atoms with Crippen molar-refractivity contribution in [3.8, 4) is 0 Å². The fourth-order valence-electron chi connectivity index (χ4n) is 1.03. The summed E-state index contributed by atoms with van der Waals surface area (Å²) in [6.45, 7) is 1.91. The van der Waals surface area contributed by atoms with Gasteiger partial charge in [-0.25, -0.2) is 0 Å². The van der Waals surface area contributed by atoms with E-state index in [1.54, 1.807) is 36.9 Å². The monoisotopic (exact) mass is 182 g/mol. The lowest BCUT2D eigenvalue weighted by Crippen LogP contribution is -2.31. The number of amides is 1. The van der Waals surface area contributed by atoms with Gasteiger partial charge in [-0.05, 0) is 19.1 Å². The van der Waals surface area contributed by atoms with Crippen LogP contribution in [0.5, 0.6) is 0 Å². The van der Waals surface area contributed by atoms with Crippen molar-refractivity contribution in [2.45, 2.75) is 13.0 Å². The highest BCUT2D eigenvalue weighted by molar-refractivity contribution is 5.92. The molecule has 0 spiro atoms. The molecule has 1 amide bonds. The Morgan fingerprint density at radius 2 is 2.46 bits per heavy atom. The van der Waals surface area contributed by atoms with E-state index in [0.717, 1.165) is 0 Å². The van der Waals surface area contributed by atoms with Crippen LogP contribution in [0.3, 0.4) is 0 Å². The van der Waals surface area contributed by atoms with Crippen molar-refractivity contribution in [1.82, 2.24) is 9.88 Å². The summed E-state index contributed by atoms with van der Waals surface area (Å²) in [4.78, 5) is 11.4. The van der Waals surface area contributed by atoms with E-state index in [0.29, 0.717) is 5.69 Å². The van der Waals surface area contributed by atoms with Crippen LogP contribution in [0, 0.1) is 0 Å².